The molecule has 0 fully saturated rings. The molecule has 0 saturated carbocycles. The van der Waals surface area contributed by atoms with Crippen molar-refractivity contribution >= 4 is 58.3 Å². The van der Waals surface area contributed by atoms with Gasteiger partial charge in [-0.25, -0.2) is 9.59 Å². The third kappa shape index (κ3) is 15.5. The van der Waals surface area contributed by atoms with Crippen molar-refractivity contribution in [1.29, 1.82) is 0 Å². The van der Waals surface area contributed by atoms with Crippen molar-refractivity contribution in [2.24, 2.45) is 5.92 Å². The number of rotatable bonds is 15. The second-order valence-corrected chi connectivity index (χ2v) is 10.9. The first-order valence-electron chi connectivity index (χ1n) is 12.6. The van der Waals surface area contributed by atoms with Crippen molar-refractivity contribution in [3.63, 3.8) is 0 Å². The molecule has 2 aromatic rings. The van der Waals surface area contributed by atoms with E-state index < -0.39 is 10.5 Å². The van der Waals surface area contributed by atoms with Crippen LogP contribution in [-0.2, 0) is 19.1 Å². The highest BCUT2D eigenvalue weighted by Gasteiger charge is 2.38. The highest BCUT2D eigenvalue weighted by Crippen LogP contribution is 2.28. The maximum absolute atomic E-state index is 11.5. The SMILES string of the molecule is CC(C)CCCCCOC(=O)COc1ccc(Cl)cc1Cl.CCCCOC(=O)C(Cl)(Cl)Oc1ccccc1. The molecule has 0 unspecified atom stereocenters. The Kier molecular flexibility index (Phi) is 17.3. The third-order valence-electron chi connectivity index (χ3n) is 4.89. The number of halogens is 4. The van der Waals surface area contributed by atoms with Crippen LogP contribution in [0, 0.1) is 5.92 Å². The smallest absolute Gasteiger partial charge is 0.383 e. The fraction of sp³-hybridized carbons (Fsp3) is 0.500. The zero-order valence-corrected chi connectivity index (χ0v) is 25.0. The van der Waals surface area contributed by atoms with Crippen LogP contribution in [0.25, 0.3) is 0 Å². The van der Waals surface area contributed by atoms with Gasteiger partial charge in [0.2, 0.25) is 0 Å². The van der Waals surface area contributed by atoms with Gasteiger partial charge in [-0.15, -0.1) is 0 Å². The van der Waals surface area contributed by atoms with Crippen LogP contribution in [0.15, 0.2) is 48.5 Å². The van der Waals surface area contributed by atoms with Gasteiger partial charge in [-0.1, -0.05) is 87.9 Å². The molecule has 0 saturated heterocycles. The first-order valence-corrected chi connectivity index (χ1v) is 14.1. The van der Waals surface area contributed by atoms with Gasteiger partial charge < -0.3 is 18.9 Å². The summed E-state index contributed by atoms with van der Waals surface area (Å²) in [6, 6.07) is 13.5. The minimum Gasteiger partial charge on any atom is -0.480 e. The molecule has 212 valence electrons. The molecule has 0 aliphatic heterocycles. The number of carbonyl (C=O) groups excluding carboxylic acids is 2. The van der Waals surface area contributed by atoms with Crippen LogP contribution < -0.4 is 9.47 Å². The van der Waals surface area contributed by atoms with Crippen molar-refractivity contribution in [3.8, 4) is 11.5 Å². The Bertz CT molecular complexity index is 954. The van der Waals surface area contributed by atoms with E-state index in [-0.39, 0.29) is 19.2 Å². The summed E-state index contributed by atoms with van der Waals surface area (Å²) in [7, 11) is 0. The van der Waals surface area contributed by atoms with Crippen molar-refractivity contribution in [3.05, 3.63) is 58.6 Å². The first kappa shape index (κ1) is 34.2. The van der Waals surface area contributed by atoms with Crippen molar-refractivity contribution in [2.75, 3.05) is 19.8 Å². The normalized spacial score (nSPS) is 10.8. The number of benzene rings is 2. The molecule has 0 aliphatic carbocycles. The van der Waals surface area contributed by atoms with E-state index >= 15 is 0 Å². The Labute approximate surface area is 245 Å². The fourth-order valence-electron chi connectivity index (χ4n) is 2.86. The van der Waals surface area contributed by atoms with Gasteiger partial charge in [-0.3, -0.25) is 0 Å². The molecule has 0 aromatic heterocycles. The second kappa shape index (κ2) is 19.2. The number of ether oxygens (including phenoxy) is 4. The average Bonchev–Trinajstić information content (AvgIpc) is 2.86. The third-order valence-corrected chi connectivity index (χ3v) is 5.88. The molecular formula is C28H36Cl4O6. The lowest BCUT2D eigenvalue weighted by Gasteiger charge is -2.19. The van der Waals surface area contributed by atoms with Crippen LogP contribution in [0.3, 0.4) is 0 Å². The maximum atomic E-state index is 11.5. The molecule has 38 heavy (non-hydrogen) atoms. The van der Waals surface area contributed by atoms with E-state index in [0.717, 1.165) is 31.6 Å². The molecule has 0 radical (unpaired) electrons. The standard InChI is InChI=1S/C16H22Cl2O3.C12H14Cl2O3/c1-12(2)6-4-3-5-9-20-16(19)11-21-15-8-7-13(17)10-14(15)18;1-2-3-9-16-11(15)12(13,14)17-10-7-5-4-6-8-10/h7-8,10,12H,3-6,9,11H2,1-2H3;4-8H,2-3,9H2,1H3. The largest absolute Gasteiger partial charge is 0.480 e. The number of hydrogen-bond acceptors (Lipinski definition) is 6. The molecule has 0 aliphatic rings. The molecule has 6 nitrogen and oxygen atoms in total. The van der Waals surface area contributed by atoms with Crippen LogP contribution in [0.2, 0.25) is 10.0 Å². The molecule has 0 amide bonds. The second-order valence-electron chi connectivity index (χ2n) is 8.75. The first-order chi connectivity index (χ1) is 18.0. The zero-order chi connectivity index (χ0) is 28.4. The van der Waals surface area contributed by atoms with E-state index in [1.807, 2.05) is 13.0 Å². The molecule has 10 heteroatoms. The van der Waals surface area contributed by atoms with Crippen LogP contribution in [0.4, 0.5) is 0 Å². The number of hydrogen-bond donors (Lipinski definition) is 0. The van der Waals surface area contributed by atoms with Crippen LogP contribution in [0.1, 0.15) is 59.3 Å². The summed E-state index contributed by atoms with van der Waals surface area (Å²) in [6.45, 7) is 6.98. The summed E-state index contributed by atoms with van der Waals surface area (Å²) < 4.78 is 18.4. The molecule has 0 heterocycles. The minimum atomic E-state index is -2.00. The Morgan fingerprint density at radius 3 is 2.21 bits per heavy atom. The Morgan fingerprint density at radius 1 is 0.895 bits per heavy atom. The number of carbonyl (C=O) groups is 2. The van der Waals surface area contributed by atoms with Gasteiger partial charge in [0.25, 0.3) is 0 Å². The van der Waals surface area contributed by atoms with Gasteiger partial charge in [0.15, 0.2) is 6.61 Å². The van der Waals surface area contributed by atoms with Gasteiger partial charge in [-0.2, -0.15) is 0 Å². The van der Waals surface area contributed by atoms with E-state index in [2.05, 4.69) is 13.8 Å². The molecule has 0 atom stereocenters. The summed E-state index contributed by atoms with van der Waals surface area (Å²) in [5, 5.41) is 0.903. The molecule has 0 spiro atoms. The van der Waals surface area contributed by atoms with E-state index in [4.69, 9.17) is 65.4 Å². The predicted molar refractivity (Wildman–Crippen MR) is 154 cm³/mol. The van der Waals surface area contributed by atoms with Gasteiger partial charge >= 0.3 is 16.5 Å². The maximum Gasteiger partial charge on any atom is 0.383 e. The molecule has 0 bridgehead atoms. The summed E-state index contributed by atoms with van der Waals surface area (Å²) in [5.74, 6) is 0.382. The summed E-state index contributed by atoms with van der Waals surface area (Å²) in [4.78, 5) is 23.1. The highest BCUT2D eigenvalue weighted by atomic mass is 35.5. The molecular weight excluding hydrogens is 574 g/mol. The van der Waals surface area contributed by atoms with Crippen molar-refractivity contribution in [2.45, 2.75) is 63.8 Å². The van der Waals surface area contributed by atoms with Gasteiger partial charge in [-0.05, 0) is 72.3 Å². The molecule has 2 aromatic carbocycles. The lowest BCUT2D eigenvalue weighted by atomic mass is 10.1. The van der Waals surface area contributed by atoms with Gasteiger partial charge in [0, 0.05) is 5.02 Å². The lowest BCUT2D eigenvalue weighted by Crippen LogP contribution is -2.34. The molecule has 0 N–H and O–H groups in total. The Hall–Kier alpha value is -1.86. The van der Waals surface area contributed by atoms with Crippen molar-refractivity contribution in [1.82, 2.24) is 0 Å². The van der Waals surface area contributed by atoms with Gasteiger partial charge in [0.05, 0.1) is 18.2 Å². The number of esters is 2. The van der Waals surface area contributed by atoms with E-state index in [1.54, 1.807) is 42.5 Å². The Morgan fingerprint density at radius 2 is 1.58 bits per heavy atom. The minimum absolute atomic E-state index is 0.145. The molecule has 2 rings (SSSR count). The van der Waals surface area contributed by atoms with E-state index in [9.17, 15) is 9.59 Å². The van der Waals surface area contributed by atoms with E-state index in [0.29, 0.717) is 28.2 Å². The monoisotopic (exact) mass is 608 g/mol. The van der Waals surface area contributed by atoms with Crippen LogP contribution in [-0.4, -0.2) is 36.3 Å². The lowest BCUT2D eigenvalue weighted by molar-refractivity contribution is -0.150. The predicted octanol–water partition coefficient (Wildman–Crippen LogP) is 8.67. The van der Waals surface area contributed by atoms with E-state index in [1.165, 1.54) is 12.8 Å². The quantitative estimate of drug-likeness (QED) is 0.114. The summed E-state index contributed by atoms with van der Waals surface area (Å²) >= 11 is 23.3. The van der Waals surface area contributed by atoms with Crippen molar-refractivity contribution < 1.29 is 28.5 Å². The summed E-state index contributed by atoms with van der Waals surface area (Å²) in [6.07, 6.45) is 6.04. The number of para-hydroxylation sites is 1. The topological polar surface area (TPSA) is 71.1 Å². The number of unbranched alkanes of at least 4 members (excludes halogenated alkanes) is 3. The van der Waals surface area contributed by atoms with Crippen LogP contribution in [0.5, 0.6) is 11.5 Å². The number of alkyl halides is 2. The summed E-state index contributed by atoms with van der Waals surface area (Å²) in [5.41, 5.74) is 0. The van der Waals surface area contributed by atoms with Crippen LogP contribution >= 0.6 is 46.4 Å². The average molecular weight is 610 g/mol. The Balaban J connectivity index is 0.000000389. The zero-order valence-electron chi connectivity index (χ0n) is 22.0. The van der Waals surface area contributed by atoms with Gasteiger partial charge in [0.1, 0.15) is 11.5 Å². The highest BCUT2D eigenvalue weighted by molar-refractivity contribution is 6.56. The fourth-order valence-corrected chi connectivity index (χ4v) is 3.61.